The number of aliphatic hydroxyl groups excluding tert-OH is 1. The zero-order valence-corrected chi connectivity index (χ0v) is 8.22. The quantitative estimate of drug-likeness (QED) is 0.614. The molecule has 1 fully saturated rings. The van der Waals surface area contributed by atoms with Gasteiger partial charge in [0.1, 0.15) is 0 Å². The molecule has 0 spiro atoms. The Morgan fingerprint density at radius 3 is 2.85 bits per heavy atom. The van der Waals surface area contributed by atoms with Gasteiger partial charge in [0.2, 0.25) is 10.0 Å². The van der Waals surface area contributed by atoms with Crippen LogP contribution in [0.15, 0.2) is 0 Å². The van der Waals surface area contributed by atoms with Gasteiger partial charge in [-0.05, 0) is 12.8 Å². The molecule has 0 aromatic carbocycles. The van der Waals surface area contributed by atoms with E-state index in [9.17, 15) is 8.42 Å². The number of aliphatic hydroxyl groups is 1. The second-order valence-corrected chi connectivity index (χ2v) is 4.95. The summed E-state index contributed by atoms with van der Waals surface area (Å²) in [7, 11) is -3.22. The smallest absolute Gasteiger partial charge is 0.212 e. The Balaban J connectivity index is 2.32. The van der Waals surface area contributed by atoms with E-state index in [4.69, 9.17) is 9.84 Å². The van der Waals surface area contributed by atoms with Crippen LogP contribution in [0.5, 0.6) is 0 Å². The van der Waals surface area contributed by atoms with Crippen molar-refractivity contribution in [3.63, 3.8) is 0 Å². The standard InChI is InChI=1S/C7H15NO4S/c9-3-1-5-13(10,11)8-7-2-4-12-6-7/h7-9H,1-6H2. The van der Waals surface area contributed by atoms with Crippen LogP contribution in [0.4, 0.5) is 0 Å². The molecular formula is C7H15NO4S. The third-order valence-corrected chi connectivity index (χ3v) is 3.37. The summed E-state index contributed by atoms with van der Waals surface area (Å²) in [4.78, 5) is 0. The van der Waals surface area contributed by atoms with E-state index in [2.05, 4.69) is 4.72 Å². The first-order valence-corrected chi connectivity index (χ1v) is 5.98. The Morgan fingerprint density at radius 1 is 1.54 bits per heavy atom. The van der Waals surface area contributed by atoms with Gasteiger partial charge in [-0.25, -0.2) is 13.1 Å². The van der Waals surface area contributed by atoms with Crippen molar-refractivity contribution >= 4 is 10.0 Å². The highest BCUT2D eigenvalue weighted by atomic mass is 32.2. The fourth-order valence-corrected chi connectivity index (χ4v) is 2.52. The number of hydrogen-bond donors (Lipinski definition) is 2. The van der Waals surface area contributed by atoms with E-state index >= 15 is 0 Å². The Kier molecular flexibility index (Phi) is 4.11. The lowest BCUT2D eigenvalue weighted by molar-refractivity contribution is 0.192. The summed E-state index contributed by atoms with van der Waals surface area (Å²) < 4.78 is 30.1. The van der Waals surface area contributed by atoms with E-state index in [-0.39, 0.29) is 24.8 Å². The maximum atomic E-state index is 11.3. The molecular weight excluding hydrogens is 194 g/mol. The summed E-state index contributed by atoms with van der Waals surface area (Å²) in [5.74, 6) is -0.0139. The zero-order valence-electron chi connectivity index (χ0n) is 7.40. The lowest BCUT2D eigenvalue weighted by atomic mass is 10.3. The van der Waals surface area contributed by atoms with Crippen LogP contribution in [0.2, 0.25) is 0 Å². The summed E-state index contributed by atoms with van der Waals surface area (Å²) in [6.07, 6.45) is 1.02. The highest BCUT2D eigenvalue weighted by Crippen LogP contribution is 2.05. The summed E-state index contributed by atoms with van der Waals surface area (Å²) in [5, 5.41) is 8.47. The van der Waals surface area contributed by atoms with Gasteiger partial charge in [-0.1, -0.05) is 0 Å². The first-order chi connectivity index (χ1) is 6.14. The Morgan fingerprint density at radius 2 is 2.31 bits per heavy atom. The summed E-state index contributed by atoms with van der Waals surface area (Å²) >= 11 is 0. The topological polar surface area (TPSA) is 75.6 Å². The fourth-order valence-electron chi connectivity index (χ4n) is 1.19. The molecule has 0 amide bonds. The number of sulfonamides is 1. The molecule has 0 radical (unpaired) electrons. The van der Waals surface area contributed by atoms with E-state index in [0.29, 0.717) is 13.2 Å². The molecule has 1 aliphatic heterocycles. The first kappa shape index (κ1) is 10.9. The Hall–Kier alpha value is -0.170. The number of hydrogen-bond acceptors (Lipinski definition) is 4. The molecule has 0 saturated carbocycles. The molecule has 1 unspecified atom stereocenters. The maximum absolute atomic E-state index is 11.3. The third kappa shape index (κ3) is 4.04. The highest BCUT2D eigenvalue weighted by Gasteiger charge is 2.21. The van der Waals surface area contributed by atoms with Crippen LogP contribution < -0.4 is 4.72 Å². The fraction of sp³-hybridized carbons (Fsp3) is 1.00. The van der Waals surface area contributed by atoms with Crippen LogP contribution in [0, 0.1) is 0 Å². The molecule has 2 N–H and O–H groups in total. The van der Waals surface area contributed by atoms with Crippen molar-refractivity contribution < 1.29 is 18.3 Å². The molecule has 1 aliphatic rings. The SMILES string of the molecule is O=S(=O)(CCCO)NC1CCOC1. The van der Waals surface area contributed by atoms with Gasteiger partial charge in [-0.15, -0.1) is 0 Å². The van der Waals surface area contributed by atoms with Crippen LogP contribution in [0.1, 0.15) is 12.8 Å². The predicted molar refractivity (Wildman–Crippen MR) is 47.8 cm³/mol. The van der Waals surface area contributed by atoms with Crippen molar-refractivity contribution in [3.8, 4) is 0 Å². The van der Waals surface area contributed by atoms with Gasteiger partial charge in [0.05, 0.1) is 12.4 Å². The summed E-state index contributed by atoms with van der Waals surface area (Å²) in [5.41, 5.74) is 0. The van der Waals surface area contributed by atoms with Gasteiger partial charge < -0.3 is 9.84 Å². The van der Waals surface area contributed by atoms with Crippen LogP contribution >= 0.6 is 0 Å². The van der Waals surface area contributed by atoms with Crippen molar-refractivity contribution in [2.75, 3.05) is 25.6 Å². The Bertz CT molecular complexity index is 233. The van der Waals surface area contributed by atoms with E-state index < -0.39 is 10.0 Å². The minimum atomic E-state index is -3.22. The minimum Gasteiger partial charge on any atom is -0.396 e. The molecule has 0 aromatic rings. The molecule has 13 heavy (non-hydrogen) atoms. The Labute approximate surface area is 78.1 Å². The van der Waals surface area contributed by atoms with Gasteiger partial charge in [0.25, 0.3) is 0 Å². The molecule has 0 bridgehead atoms. The van der Waals surface area contributed by atoms with Gasteiger partial charge in [0, 0.05) is 19.3 Å². The van der Waals surface area contributed by atoms with Crippen LogP contribution in [0.25, 0.3) is 0 Å². The van der Waals surface area contributed by atoms with E-state index in [1.165, 1.54) is 0 Å². The van der Waals surface area contributed by atoms with Crippen LogP contribution in [-0.4, -0.2) is 45.1 Å². The van der Waals surface area contributed by atoms with E-state index in [1.807, 2.05) is 0 Å². The van der Waals surface area contributed by atoms with Crippen molar-refractivity contribution in [1.29, 1.82) is 0 Å². The summed E-state index contributed by atoms with van der Waals surface area (Å²) in [6, 6.07) is -0.0799. The summed E-state index contributed by atoms with van der Waals surface area (Å²) in [6.45, 7) is 0.980. The number of rotatable bonds is 5. The highest BCUT2D eigenvalue weighted by molar-refractivity contribution is 7.89. The maximum Gasteiger partial charge on any atom is 0.212 e. The monoisotopic (exact) mass is 209 g/mol. The average molecular weight is 209 g/mol. The largest absolute Gasteiger partial charge is 0.396 e. The van der Waals surface area contributed by atoms with Gasteiger partial charge >= 0.3 is 0 Å². The average Bonchev–Trinajstić information content (AvgIpc) is 2.52. The number of ether oxygens (including phenoxy) is 1. The number of nitrogens with one attached hydrogen (secondary N) is 1. The first-order valence-electron chi connectivity index (χ1n) is 4.32. The zero-order chi connectivity index (χ0) is 9.73. The molecule has 78 valence electrons. The second kappa shape index (κ2) is 4.90. The van der Waals surface area contributed by atoms with Gasteiger partial charge in [0.15, 0.2) is 0 Å². The molecule has 5 nitrogen and oxygen atoms in total. The molecule has 1 heterocycles. The molecule has 1 rings (SSSR count). The predicted octanol–water partition coefficient (Wildman–Crippen LogP) is -0.923. The van der Waals surface area contributed by atoms with Crippen molar-refractivity contribution in [2.45, 2.75) is 18.9 Å². The van der Waals surface area contributed by atoms with Gasteiger partial charge in [-0.2, -0.15) is 0 Å². The van der Waals surface area contributed by atoms with Crippen molar-refractivity contribution in [3.05, 3.63) is 0 Å². The van der Waals surface area contributed by atoms with Gasteiger partial charge in [-0.3, -0.25) is 0 Å². The van der Waals surface area contributed by atoms with Crippen LogP contribution in [-0.2, 0) is 14.8 Å². The lowest BCUT2D eigenvalue weighted by Gasteiger charge is -2.10. The molecule has 1 atom stereocenters. The van der Waals surface area contributed by atoms with Crippen molar-refractivity contribution in [1.82, 2.24) is 4.72 Å². The minimum absolute atomic E-state index is 0.0139. The van der Waals surface area contributed by atoms with E-state index in [0.717, 1.165) is 6.42 Å². The van der Waals surface area contributed by atoms with Crippen molar-refractivity contribution in [2.24, 2.45) is 0 Å². The molecule has 0 aromatic heterocycles. The normalized spacial score (nSPS) is 23.6. The molecule has 6 heteroatoms. The van der Waals surface area contributed by atoms with Crippen LogP contribution in [0.3, 0.4) is 0 Å². The second-order valence-electron chi connectivity index (χ2n) is 3.07. The molecule has 0 aliphatic carbocycles. The molecule has 1 saturated heterocycles. The van der Waals surface area contributed by atoms with E-state index in [1.54, 1.807) is 0 Å². The third-order valence-electron chi connectivity index (χ3n) is 1.85. The lowest BCUT2D eigenvalue weighted by Crippen LogP contribution is -2.36.